The molecule has 0 heterocycles. The molecule has 3 heteroatoms. The molecule has 0 aliphatic rings. The third kappa shape index (κ3) is 2.88. The monoisotopic (exact) mass is 253 g/mol. The first-order valence-electron chi connectivity index (χ1n) is 6.05. The quantitative estimate of drug-likeness (QED) is 0.855. The highest BCUT2D eigenvalue weighted by Crippen LogP contribution is 2.21. The molecule has 3 nitrogen and oxygen atoms in total. The standard InChI is InChI=1S/C16H15NO2/c1-11(18)14-4-3-5-15(10-14)12-6-8-13(9-7-12)16(19)17-2/h3-10H,1-2H3,(H,17,19). The van der Waals surface area contributed by atoms with E-state index >= 15 is 0 Å². The minimum Gasteiger partial charge on any atom is -0.355 e. The Morgan fingerprint density at radius 2 is 1.58 bits per heavy atom. The van der Waals surface area contributed by atoms with Crippen LogP contribution in [0.15, 0.2) is 48.5 Å². The normalized spacial score (nSPS) is 10.0. The summed E-state index contributed by atoms with van der Waals surface area (Å²) in [5, 5.41) is 2.58. The van der Waals surface area contributed by atoms with Crippen molar-refractivity contribution in [3.8, 4) is 11.1 Å². The molecule has 0 atom stereocenters. The minimum atomic E-state index is -0.107. The molecule has 0 aromatic heterocycles. The molecule has 0 bridgehead atoms. The number of carbonyl (C=O) groups is 2. The lowest BCUT2D eigenvalue weighted by molar-refractivity contribution is 0.0962. The lowest BCUT2D eigenvalue weighted by atomic mass is 10.0. The Labute approximate surface area is 112 Å². The SMILES string of the molecule is CNC(=O)c1ccc(-c2cccc(C(C)=O)c2)cc1. The van der Waals surface area contributed by atoms with Gasteiger partial charge in [-0.2, -0.15) is 0 Å². The van der Waals surface area contributed by atoms with E-state index in [2.05, 4.69) is 5.32 Å². The highest BCUT2D eigenvalue weighted by Gasteiger charge is 2.05. The van der Waals surface area contributed by atoms with Gasteiger partial charge in [0.05, 0.1) is 0 Å². The number of rotatable bonds is 3. The van der Waals surface area contributed by atoms with E-state index in [0.717, 1.165) is 11.1 Å². The number of benzene rings is 2. The number of hydrogen-bond acceptors (Lipinski definition) is 2. The highest BCUT2D eigenvalue weighted by molar-refractivity contribution is 5.96. The van der Waals surface area contributed by atoms with Gasteiger partial charge in [-0.15, -0.1) is 0 Å². The predicted octanol–water partition coefficient (Wildman–Crippen LogP) is 2.92. The van der Waals surface area contributed by atoms with Crippen molar-refractivity contribution >= 4 is 11.7 Å². The van der Waals surface area contributed by atoms with Gasteiger partial charge in [0.15, 0.2) is 5.78 Å². The van der Waals surface area contributed by atoms with Gasteiger partial charge in [0.25, 0.3) is 5.91 Å². The maximum absolute atomic E-state index is 11.4. The Morgan fingerprint density at radius 3 is 2.16 bits per heavy atom. The summed E-state index contributed by atoms with van der Waals surface area (Å²) in [4.78, 5) is 22.8. The predicted molar refractivity (Wildman–Crippen MR) is 75.3 cm³/mol. The van der Waals surface area contributed by atoms with Crippen LogP contribution >= 0.6 is 0 Å². The Balaban J connectivity index is 2.34. The molecule has 2 rings (SSSR count). The van der Waals surface area contributed by atoms with Crippen LogP contribution in [0.5, 0.6) is 0 Å². The number of hydrogen-bond donors (Lipinski definition) is 1. The number of ketones is 1. The smallest absolute Gasteiger partial charge is 0.251 e. The topological polar surface area (TPSA) is 46.2 Å². The molecule has 0 unspecified atom stereocenters. The zero-order chi connectivity index (χ0) is 13.8. The molecule has 0 saturated heterocycles. The van der Waals surface area contributed by atoms with Gasteiger partial charge in [-0.3, -0.25) is 9.59 Å². The zero-order valence-corrected chi connectivity index (χ0v) is 10.9. The summed E-state index contributed by atoms with van der Waals surface area (Å²) in [6, 6.07) is 14.8. The lowest BCUT2D eigenvalue weighted by Crippen LogP contribution is -2.17. The van der Waals surface area contributed by atoms with E-state index in [0.29, 0.717) is 11.1 Å². The van der Waals surface area contributed by atoms with E-state index in [1.807, 2.05) is 30.3 Å². The van der Waals surface area contributed by atoms with Crippen molar-refractivity contribution in [2.24, 2.45) is 0 Å². The van der Waals surface area contributed by atoms with Gasteiger partial charge in [-0.25, -0.2) is 0 Å². The molecule has 2 aromatic carbocycles. The van der Waals surface area contributed by atoms with Crippen LogP contribution in [0.25, 0.3) is 11.1 Å². The van der Waals surface area contributed by atoms with Crippen molar-refractivity contribution in [1.82, 2.24) is 5.32 Å². The second-order valence-electron chi connectivity index (χ2n) is 4.29. The summed E-state index contributed by atoms with van der Waals surface area (Å²) < 4.78 is 0. The van der Waals surface area contributed by atoms with E-state index < -0.39 is 0 Å². The summed E-state index contributed by atoms with van der Waals surface area (Å²) in [5.41, 5.74) is 3.26. The molecule has 0 spiro atoms. The number of nitrogens with one attached hydrogen (secondary N) is 1. The van der Waals surface area contributed by atoms with Crippen LogP contribution in [0.4, 0.5) is 0 Å². The molecule has 0 fully saturated rings. The van der Waals surface area contributed by atoms with Crippen LogP contribution in [0.2, 0.25) is 0 Å². The first kappa shape index (κ1) is 13.0. The van der Waals surface area contributed by atoms with Crippen molar-refractivity contribution in [3.05, 3.63) is 59.7 Å². The van der Waals surface area contributed by atoms with E-state index in [1.54, 1.807) is 32.2 Å². The summed E-state index contributed by atoms with van der Waals surface area (Å²) in [5.74, 6) is -0.0622. The van der Waals surface area contributed by atoms with Gasteiger partial charge in [-0.1, -0.05) is 30.3 Å². The molecule has 96 valence electrons. The fourth-order valence-corrected chi connectivity index (χ4v) is 1.88. The highest BCUT2D eigenvalue weighted by atomic mass is 16.1. The van der Waals surface area contributed by atoms with Gasteiger partial charge in [-0.05, 0) is 36.2 Å². The third-order valence-corrected chi connectivity index (χ3v) is 2.98. The fourth-order valence-electron chi connectivity index (χ4n) is 1.88. The van der Waals surface area contributed by atoms with Crippen molar-refractivity contribution < 1.29 is 9.59 Å². The lowest BCUT2D eigenvalue weighted by Gasteiger charge is -2.05. The Bertz CT molecular complexity index is 615. The largest absolute Gasteiger partial charge is 0.355 e. The van der Waals surface area contributed by atoms with Crippen LogP contribution < -0.4 is 5.32 Å². The first-order chi connectivity index (χ1) is 9.11. The Kier molecular flexibility index (Phi) is 3.76. The van der Waals surface area contributed by atoms with E-state index in [1.165, 1.54) is 0 Å². The Morgan fingerprint density at radius 1 is 0.895 bits per heavy atom. The summed E-state index contributed by atoms with van der Waals surface area (Å²) in [6.45, 7) is 1.55. The summed E-state index contributed by atoms with van der Waals surface area (Å²) in [7, 11) is 1.60. The molecule has 1 N–H and O–H groups in total. The number of amides is 1. The molecule has 0 aliphatic carbocycles. The van der Waals surface area contributed by atoms with Crippen LogP contribution in [0, 0.1) is 0 Å². The van der Waals surface area contributed by atoms with Crippen molar-refractivity contribution in [2.45, 2.75) is 6.92 Å². The van der Waals surface area contributed by atoms with Gasteiger partial charge in [0.2, 0.25) is 0 Å². The average Bonchev–Trinajstić information content (AvgIpc) is 2.46. The molecule has 19 heavy (non-hydrogen) atoms. The average molecular weight is 253 g/mol. The Hall–Kier alpha value is -2.42. The minimum absolute atomic E-state index is 0.0452. The van der Waals surface area contributed by atoms with Crippen LogP contribution in [0.3, 0.4) is 0 Å². The maximum atomic E-state index is 11.4. The van der Waals surface area contributed by atoms with Crippen LogP contribution in [-0.2, 0) is 0 Å². The van der Waals surface area contributed by atoms with Gasteiger partial charge in [0.1, 0.15) is 0 Å². The van der Waals surface area contributed by atoms with E-state index in [4.69, 9.17) is 0 Å². The first-order valence-corrected chi connectivity index (χ1v) is 6.05. The summed E-state index contributed by atoms with van der Waals surface area (Å²) in [6.07, 6.45) is 0. The van der Waals surface area contributed by atoms with E-state index in [9.17, 15) is 9.59 Å². The molecule has 0 aliphatic heterocycles. The van der Waals surface area contributed by atoms with Gasteiger partial charge < -0.3 is 5.32 Å². The molecular formula is C16H15NO2. The molecule has 0 saturated carbocycles. The molecule has 2 aromatic rings. The van der Waals surface area contributed by atoms with Crippen molar-refractivity contribution in [3.63, 3.8) is 0 Å². The molecule has 1 amide bonds. The van der Waals surface area contributed by atoms with Gasteiger partial charge in [0, 0.05) is 18.2 Å². The van der Waals surface area contributed by atoms with Crippen molar-refractivity contribution in [1.29, 1.82) is 0 Å². The van der Waals surface area contributed by atoms with Crippen LogP contribution in [-0.4, -0.2) is 18.7 Å². The second kappa shape index (κ2) is 5.48. The maximum Gasteiger partial charge on any atom is 0.251 e. The zero-order valence-electron chi connectivity index (χ0n) is 10.9. The number of carbonyl (C=O) groups excluding carboxylic acids is 2. The fraction of sp³-hybridized carbons (Fsp3) is 0.125. The number of Topliss-reactive ketones (excluding diaryl/α,β-unsaturated/α-hetero) is 1. The second-order valence-corrected chi connectivity index (χ2v) is 4.29. The third-order valence-electron chi connectivity index (χ3n) is 2.98. The summed E-state index contributed by atoms with van der Waals surface area (Å²) >= 11 is 0. The molecule has 0 radical (unpaired) electrons. The van der Waals surface area contributed by atoms with E-state index in [-0.39, 0.29) is 11.7 Å². The molecular weight excluding hydrogens is 238 g/mol. The van der Waals surface area contributed by atoms with Crippen LogP contribution in [0.1, 0.15) is 27.6 Å². The van der Waals surface area contributed by atoms with Crippen molar-refractivity contribution in [2.75, 3.05) is 7.05 Å². The van der Waals surface area contributed by atoms with Gasteiger partial charge >= 0.3 is 0 Å².